The maximum atomic E-state index is 14.2. The molecule has 2 rings (SSSR count). The summed E-state index contributed by atoms with van der Waals surface area (Å²) in [5.41, 5.74) is 7.69. The Kier molecular flexibility index (Phi) is 5.85. The van der Waals surface area contributed by atoms with Crippen LogP contribution < -0.4 is 5.73 Å². The van der Waals surface area contributed by atoms with Crippen LogP contribution in [0.3, 0.4) is 0 Å². The minimum absolute atomic E-state index is 0.142. The molecule has 0 saturated heterocycles. The maximum absolute atomic E-state index is 14.2. The molecule has 0 radical (unpaired) electrons. The molecule has 0 bridgehead atoms. The second kappa shape index (κ2) is 7.64. The highest BCUT2D eigenvalue weighted by molar-refractivity contribution is 9.10. The summed E-state index contributed by atoms with van der Waals surface area (Å²) in [5, 5.41) is 0. The first-order chi connectivity index (χ1) is 10.2. The highest BCUT2D eigenvalue weighted by Crippen LogP contribution is 2.26. The Morgan fingerprint density at radius 1 is 1.29 bits per heavy atom. The van der Waals surface area contributed by atoms with Crippen LogP contribution in [0.25, 0.3) is 0 Å². The second-order valence-electron chi connectivity index (χ2n) is 4.84. The van der Waals surface area contributed by atoms with E-state index in [1.54, 1.807) is 18.5 Å². The fraction of sp³-hybridized carbons (Fsp3) is 0.312. The zero-order valence-corrected chi connectivity index (χ0v) is 13.6. The van der Waals surface area contributed by atoms with Crippen LogP contribution in [0.2, 0.25) is 0 Å². The molecule has 5 heteroatoms. The number of aromatic nitrogens is 1. The van der Waals surface area contributed by atoms with Crippen LogP contribution in [-0.4, -0.2) is 23.0 Å². The standard InChI is InChI=1S/C16H19BrFN3/c1-2-21(11-12-5-7-20-8-6-12)16(10-19)14-4-3-13(17)9-15(14)18/h3-9,16H,2,10-11,19H2,1H3. The van der Waals surface area contributed by atoms with E-state index in [0.717, 1.165) is 23.1 Å². The summed E-state index contributed by atoms with van der Waals surface area (Å²) in [6.07, 6.45) is 3.53. The van der Waals surface area contributed by atoms with Crippen LogP contribution in [0, 0.1) is 5.82 Å². The lowest BCUT2D eigenvalue weighted by Gasteiger charge is -2.30. The van der Waals surface area contributed by atoms with Gasteiger partial charge in [-0.2, -0.15) is 0 Å². The largest absolute Gasteiger partial charge is 0.329 e. The van der Waals surface area contributed by atoms with E-state index in [4.69, 9.17) is 5.73 Å². The van der Waals surface area contributed by atoms with Crippen LogP contribution in [0.15, 0.2) is 47.2 Å². The Morgan fingerprint density at radius 2 is 2.00 bits per heavy atom. The van der Waals surface area contributed by atoms with Gasteiger partial charge < -0.3 is 5.73 Å². The van der Waals surface area contributed by atoms with Crippen molar-refractivity contribution in [2.24, 2.45) is 5.73 Å². The predicted octanol–water partition coefficient (Wildman–Crippen LogP) is 3.51. The number of nitrogens with zero attached hydrogens (tertiary/aromatic N) is 2. The summed E-state index contributed by atoms with van der Waals surface area (Å²) in [6.45, 7) is 3.94. The molecule has 1 aromatic heterocycles. The molecule has 0 amide bonds. The molecule has 0 fully saturated rings. The molecule has 0 spiro atoms. The van der Waals surface area contributed by atoms with Gasteiger partial charge in [0.15, 0.2) is 0 Å². The minimum atomic E-state index is -0.229. The Labute approximate surface area is 133 Å². The first-order valence-corrected chi connectivity index (χ1v) is 7.73. The summed E-state index contributed by atoms with van der Waals surface area (Å²) >= 11 is 3.28. The van der Waals surface area contributed by atoms with E-state index >= 15 is 0 Å². The highest BCUT2D eigenvalue weighted by Gasteiger charge is 2.21. The third-order valence-electron chi connectivity index (χ3n) is 3.53. The Morgan fingerprint density at radius 3 is 2.57 bits per heavy atom. The van der Waals surface area contributed by atoms with E-state index in [1.807, 2.05) is 18.2 Å². The fourth-order valence-electron chi connectivity index (χ4n) is 2.41. The van der Waals surface area contributed by atoms with Crippen LogP contribution >= 0.6 is 15.9 Å². The summed E-state index contributed by atoms with van der Waals surface area (Å²) in [4.78, 5) is 6.19. The van der Waals surface area contributed by atoms with Gasteiger partial charge in [-0.05, 0) is 36.4 Å². The van der Waals surface area contributed by atoms with E-state index in [1.165, 1.54) is 6.07 Å². The lowest BCUT2D eigenvalue weighted by Crippen LogP contribution is -2.33. The molecule has 112 valence electrons. The number of hydrogen-bond acceptors (Lipinski definition) is 3. The number of halogens is 2. The average Bonchev–Trinajstić information content (AvgIpc) is 2.49. The summed E-state index contributed by atoms with van der Waals surface area (Å²) in [7, 11) is 0. The lowest BCUT2D eigenvalue weighted by atomic mass is 10.0. The number of likely N-dealkylation sites (N-methyl/N-ethyl adjacent to an activating group) is 1. The number of rotatable bonds is 6. The number of hydrogen-bond donors (Lipinski definition) is 1. The molecule has 1 heterocycles. The molecule has 0 aliphatic rings. The molecule has 1 aromatic carbocycles. The molecule has 0 saturated carbocycles. The van der Waals surface area contributed by atoms with Gasteiger partial charge in [-0.25, -0.2) is 4.39 Å². The Hall–Kier alpha value is -1.30. The zero-order valence-electron chi connectivity index (χ0n) is 12.0. The number of nitrogens with two attached hydrogens (primary N) is 1. The van der Waals surface area contributed by atoms with Crippen molar-refractivity contribution in [3.63, 3.8) is 0 Å². The van der Waals surface area contributed by atoms with Crippen LogP contribution in [-0.2, 0) is 6.54 Å². The van der Waals surface area contributed by atoms with Crippen molar-refractivity contribution in [3.8, 4) is 0 Å². The third-order valence-corrected chi connectivity index (χ3v) is 4.02. The predicted molar refractivity (Wildman–Crippen MR) is 86.2 cm³/mol. The van der Waals surface area contributed by atoms with Gasteiger partial charge in [0.05, 0.1) is 6.04 Å². The van der Waals surface area contributed by atoms with Crippen molar-refractivity contribution in [2.45, 2.75) is 19.5 Å². The highest BCUT2D eigenvalue weighted by atomic mass is 79.9. The summed E-state index contributed by atoms with van der Waals surface area (Å²) in [5.74, 6) is -0.229. The zero-order chi connectivity index (χ0) is 15.2. The van der Waals surface area contributed by atoms with Gasteiger partial charge in [-0.1, -0.05) is 28.9 Å². The normalized spacial score (nSPS) is 12.6. The molecule has 0 aliphatic heterocycles. The van der Waals surface area contributed by atoms with E-state index in [2.05, 4.69) is 32.7 Å². The molecule has 1 unspecified atom stereocenters. The Balaban J connectivity index is 2.25. The van der Waals surface area contributed by atoms with Gasteiger partial charge in [-0.15, -0.1) is 0 Å². The summed E-state index contributed by atoms with van der Waals surface area (Å²) < 4.78 is 14.9. The molecule has 3 nitrogen and oxygen atoms in total. The molecular weight excluding hydrogens is 333 g/mol. The van der Waals surface area contributed by atoms with Crippen molar-refractivity contribution >= 4 is 15.9 Å². The van der Waals surface area contributed by atoms with Gasteiger partial charge in [0, 0.05) is 35.5 Å². The van der Waals surface area contributed by atoms with Crippen molar-refractivity contribution in [1.29, 1.82) is 0 Å². The van der Waals surface area contributed by atoms with Gasteiger partial charge >= 0.3 is 0 Å². The molecular formula is C16H19BrFN3. The molecule has 0 aliphatic carbocycles. The van der Waals surface area contributed by atoms with E-state index in [9.17, 15) is 4.39 Å². The van der Waals surface area contributed by atoms with E-state index < -0.39 is 0 Å². The minimum Gasteiger partial charge on any atom is -0.329 e. The maximum Gasteiger partial charge on any atom is 0.129 e. The van der Waals surface area contributed by atoms with Crippen LogP contribution in [0.4, 0.5) is 4.39 Å². The van der Waals surface area contributed by atoms with E-state index in [0.29, 0.717) is 12.1 Å². The summed E-state index contributed by atoms with van der Waals surface area (Å²) in [6, 6.07) is 8.92. The van der Waals surface area contributed by atoms with Crippen molar-refractivity contribution in [3.05, 3.63) is 64.1 Å². The molecule has 2 N–H and O–H groups in total. The second-order valence-corrected chi connectivity index (χ2v) is 5.75. The van der Waals surface area contributed by atoms with Crippen LogP contribution in [0.5, 0.6) is 0 Å². The van der Waals surface area contributed by atoms with Crippen molar-refractivity contribution in [1.82, 2.24) is 9.88 Å². The first kappa shape index (κ1) is 16.1. The van der Waals surface area contributed by atoms with Crippen LogP contribution in [0.1, 0.15) is 24.1 Å². The quantitative estimate of drug-likeness (QED) is 0.865. The van der Waals surface area contributed by atoms with Crippen molar-refractivity contribution < 1.29 is 4.39 Å². The lowest BCUT2D eigenvalue weighted by molar-refractivity contribution is 0.199. The third kappa shape index (κ3) is 4.09. The SMILES string of the molecule is CCN(Cc1ccncc1)C(CN)c1ccc(Br)cc1F. The van der Waals surface area contributed by atoms with Gasteiger partial charge in [0.1, 0.15) is 5.82 Å². The number of benzene rings is 1. The van der Waals surface area contributed by atoms with Gasteiger partial charge in [-0.3, -0.25) is 9.88 Å². The first-order valence-electron chi connectivity index (χ1n) is 6.93. The molecule has 21 heavy (non-hydrogen) atoms. The smallest absolute Gasteiger partial charge is 0.129 e. The van der Waals surface area contributed by atoms with Crippen molar-refractivity contribution in [2.75, 3.05) is 13.1 Å². The topological polar surface area (TPSA) is 42.2 Å². The monoisotopic (exact) mass is 351 g/mol. The van der Waals surface area contributed by atoms with E-state index in [-0.39, 0.29) is 11.9 Å². The number of pyridine rings is 1. The average molecular weight is 352 g/mol. The van der Waals surface area contributed by atoms with Gasteiger partial charge in [0.25, 0.3) is 0 Å². The fourth-order valence-corrected chi connectivity index (χ4v) is 2.74. The van der Waals surface area contributed by atoms with Gasteiger partial charge in [0.2, 0.25) is 0 Å². The molecule has 2 aromatic rings. The Bertz CT molecular complexity index is 577. The molecule has 1 atom stereocenters.